The summed E-state index contributed by atoms with van der Waals surface area (Å²) >= 11 is 0. The number of para-hydroxylation sites is 1. The number of benzene rings is 2. The van der Waals surface area contributed by atoms with E-state index in [9.17, 15) is 27.2 Å². The molecule has 1 saturated heterocycles. The van der Waals surface area contributed by atoms with Gasteiger partial charge in [-0.25, -0.2) is 9.29 Å². The van der Waals surface area contributed by atoms with Gasteiger partial charge in [-0.2, -0.15) is 13.2 Å². The molecule has 2 heterocycles. The van der Waals surface area contributed by atoms with E-state index in [2.05, 4.69) is 5.16 Å². The number of halogens is 4. The van der Waals surface area contributed by atoms with Crippen LogP contribution < -0.4 is 4.90 Å². The van der Waals surface area contributed by atoms with Crippen molar-refractivity contribution in [3.05, 3.63) is 65.5 Å². The number of alkyl halides is 3. The Labute approximate surface area is 149 Å². The molecule has 0 aliphatic carbocycles. The largest absolute Gasteiger partial charge is 0.418 e. The molecule has 0 N–H and O–H groups in total. The van der Waals surface area contributed by atoms with Gasteiger partial charge < -0.3 is 4.84 Å². The SMILES string of the molecule is O=C1[C@@H]2C(c3ccc(F)cc3)=NO[C@H]2C(=O)N1c1ccccc1C(F)(F)F. The van der Waals surface area contributed by atoms with Crippen LogP contribution in [0.3, 0.4) is 0 Å². The fourth-order valence-electron chi connectivity index (χ4n) is 3.18. The maximum absolute atomic E-state index is 13.3. The second-order valence-corrected chi connectivity index (χ2v) is 6.01. The fourth-order valence-corrected chi connectivity index (χ4v) is 3.18. The highest BCUT2D eigenvalue weighted by atomic mass is 19.4. The summed E-state index contributed by atoms with van der Waals surface area (Å²) in [6, 6.07) is 9.30. The normalized spacial score (nSPS) is 21.9. The van der Waals surface area contributed by atoms with Crippen molar-refractivity contribution in [3.63, 3.8) is 0 Å². The molecule has 0 saturated carbocycles. The number of imide groups is 1. The summed E-state index contributed by atoms with van der Waals surface area (Å²) in [4.78, 5) is 30.9. The first-order chi connectivity index (χ1) is 12.8. The lowest BCUT2D eigenvalue weighted by Gasteiger charge is -2.20. The van der Waals surface area contributed by atoms with Gasteiger partial charge in [0.15, 0.2) is 0 Å². The Kier molecular flexibility index (Phi) is 3.76. The summed E-state index contributed by atoms with van der Waals surface area (Å²) < 4.78 is 53.0. The lowest BCUT2D eigenvalue weighted by molar-refractivity contribution is -0.137. The van der Waals surface area contributed by atoms with Crippen LogP contribution >= 0.6 is 0 Å². The Balaban J connectivity index is 1.74. The molecule has 4 rings (SSSR count). The number of anilines is 1. The van der Waals surface area contributed by atoms with Crippen LogP contribution in [0.25, 0.3) is 0 Å². The van der Waals surface area contributed by atoms with Gasteiger partial charge in [0, 0.05) is 5.56 Å². The number of carbonyl (C=O) groups excluding carboxylic acids is 2. The molecule has 2 aromatic carbocycles. The molecule has 2 aromatic rings. The van der Waals surface area contributed by atoms with Crippen molar-refractivity contribution in [2.24, 2.45) is 11.1 Å². The van der Waals surface area contributed by atoms with Crippen LogP contribution in [-0.2, 0) is 20.6 Å². The molecule has 0 aromatic heterocycles. The van der Waals surface area contributed by atoms with Crippen molar-refractivity contribution in [1.82, 2.24) is 0 Å². The number of oxime groups is 1. The van der Waals surface area contributed by atoms with E-state index in [0.29, 0.717) is 10.5 Å². The Morgan fingerprint density at radius 3 is 2.30 bits per heavy atom. The van der Waals surface area contributed by atoms with Crippen molar-refractivity contribution < 1.29 is 32.0 Å². The molecular weight excluding hydrogens is 368 g/mol. The van der Waals surface area contributed by atoms with Gasteiger partial charge in [-0.05, 0) is 24.3 Å². The third kappa shape index (κ3) is 2.66. The number of hydrogen-bond donors (Lipinski definition) is 0. The number of hydrogen-bond acceptors (Lipinski definition) is 4. The molecule has 2 aliphatic heterocycles. The third-order valence-electron chi connectivity index (χ3n) is 4.40. The highest BCUT2D eigenvalue weighted by molar-refractivity contribution is 6.32. The lowest BCUT2D eigenvalue weighted by Crippen LogP contribution is -2.34. The van der Waals surface area contributed by atoms with Crippen LogP contribution in [0.1, 0.15) is 11.1 Å². The molecular formula is C18H10F4N2O3. The average molecular weight is 378 g/mol. The topological polar surface area (TPSA) is 59.0 Å². The Morgan fingerprint density at radius 1 is 0.963 bits per heavy atom. The zero-order valence-corrected chi connectivity index (χ0v) is 13.4. The minimum atomic E-state index is -4.75. The van der Waals surface area contributed by atoms with E-state index in [1.807, 2.05) is 0 Å². The van der Waals surface area contributed by atoms with Crippen LogP contribution in [0.15, 0.2) is 53.7 Å². The number of carbonyl (C=O) groups is 2. The second kappa shape index (κ2) is 5.90. The Bertz CT molecular complexity index is 969. The lowest BCUT2D eigenvalue weighted by atomic mass is 9.94. The Morgan fingerprint density at radius 2 is 1.63 bits per heavy atom. The zero-order valence-electron chi connectivity index (χ0n) is 13.4. The van der Waals surface area contributed by atoms with E-state index >= 15 is 0 Å². The highest BCUT2D eigenvalue weighted by Crippen LogP contribution is 2.41. The smallest absolute Gasteiger partial charge is 0.381 e. The quantitative estimate of drug-likeness (QED) is 0.596. The van der Waals surface area contributed by atoms with Crippen molar-refractivity contribution in [3.8, 4) is 0 Å². The molecule has 0 radical (unpaired) electrons. The van der Waals surface area contributed by atoms with Gasteiger partial charge in [0.2, 0.25) is 12.0 Å². The summed E-state index contributed by atoms with van der Waals surface area (Å²) in [6.07, 6.45) is -6.09. The number of amides is 2. The van der Waals surface area contributed by atoms with Crippen molar-refractivity contribution in [1.29, 1.82) is 0 Å². The zero-order chi connectivity index (χ0) is 19.3. The average Bonchev–Trinajstić information content (AvgIpc) is 3.16. The number of rotatable bonds is 2. The fraction of sp³-hybridized carbons (Fsp3) is 0.167. The van der Waals surface area contributed by atoms with Gasteiger partial charge in [-0.15, -0.1) is 0 Å². The first kappa shape index (κ1) is 17.2. The van der Waals surface area contributed by atoms with E-state index in [4.69, 9.17) is 4.84 Å². The van der Waals surface area contributed by atoms with E-state index in [1.54, 1.807) is 0 Å². The molecule has 0 bridgehead atoms. The van der Waals surface area contributed by atoms with Crippen LogP contribution in [0.2, 0.25) is 0 Å². The van der Waals surface area contributed by atoms with Crippen molar-refractivity contribution >= 4 is 23.2 Å². The van der Waals surface area contributed by atoms with E-state index < -0.39 is 47.1 Å². The van der Waals surface area contributed by atoms with Crippen molar-refractivity contribution in [2.45, 2.75) is 12.3 Å². The van der Waals surface area contributed by atoms with Crippen LogP contribution in [0, 0.1) is 11.7 Å². The molecule has 2 aliphatic rings. The highest BCUT2D eigenvalue weighted by Gasteiger charge is 2.57. The van der Waals surface area contributed by atoms with Crippen LogP contribution in [0.4, 0.5) is 23.2 Å². The molecule has 1 fully saturated rings. The minimum Gasteiger partial charge on any atom is -0.381 e. The summed E-state index contributed by atoms with van der Waals surface area (Å²) in [5.74, 6) is -3.50. The van der Waals surface area contributed by atoms with Crippen molar-refractivity contribution in [2.75, 3.05) is 4.90 Å². The molecule has 2 atom stereocenters. The first-order valence-corrected chi connectivity index (χ1v) is 7.82. The van der Waals surface area contributed by atoms with E-state index in [1.165, 1.54) is 24.3 Å². The number of fused-ring (bicyclic) bond motifs is 1. The second-order valence-electron chi connectivity index (χ2n) is 6.01. The monoisotopic (exact) mass is 378 g/mol. The van der Waals surface area contributed by atoms with Gasteiger partial charge in [0.1, 0.15) is 17.4 Å². The molecule has 0 unspecified atom stereocenters. The molecule has 9 heteroatoms. The van der Waals surface area contributed by atoms with Gasteiger partial charge in [-0.1, -0.05) is 29.4 Å². The summed E-state index contributed by atoms with van der Waals surface area (Å²) in [7, 11) is 0. The first-order valence-electron chi connectivity index (χ1n) is 7.82. The molecule has 5 nitrogen and oxygen atoms in total. The van der Waals surface area contributed by atoms with Crippen LogP contribution in [0.5, 0.6) is 0 Å². The van der Waals surface area contributed by atoms with E-state index in [-0.39, 0.29) is 5.71 Å². The summed E-state index contributed by atoms with van der Waals surface area (Å²) in [5, 5.41) is 3.72. The predicted octanol–water partition coefficient (Wildman–Crippen LogP) is 3.14. The van der Waals surface area contributed by atoms with Gasteiger partial charge in [0.25, 0.3) is 5.91 Å². The molecule has 2 amide bonds. The predicted molar refractivity (Wildman–Crippen MR) is 85.2 cm³/mol. The third-order valence-corrected chi connectivity index (χ3v) is 4.40. The van der Waals surface area contributed by atoms with E-state index in [0.717, 1.165) is 24.3 Å². The van der Waals surface area contributed by atoms with Gasteiger partial charge >= 0.3 is 6.18 Å². The summed E-state index contributed by atoms with van der Waals surface area (Å²) in [5.41, 5.74) is -1.25. The number of nitrogens with zero attached hydrogens (tertiary/aromatic N) is 2. The maximum atomic E-state index is 13.3. The Hall–Kier alpha value is -3.23. The standard InChI is InChI=1S/C18H10F4N2O3/c19-10-7-5-9(6-8-10)14-13-15(27-23-14)17(26)24(16(13)25)12-4-2-1-3-11(12)18(20,21)22/h1-8,13,15H/t13-,15-/m1/s1. The van der Waals surface area contributed by atoms with Gasteiger partial charge in [0.05, 0.1) is 11.3 Å². The van der Waals surface area contributed by atoms with Gasteiger partial charge in [-0.3, -0.25) is 9.59 Å². The molecule has 0 spiro atoms. The molecule has 138 valence electrons. The van der Waals surface area contributed by atoms with Crippen LogP contribution in [-0.4, -0.2) is 23.6 Å². The minimum absolute atomic E-state index is 0.0744. The maximum Gasteiger partial charge on any atom is 0.418 e. The molecule has 27 heavy (non-hydrogen) atoms. The summed E-state index contributed by atoms with van der Waals surface area (Å²) in [6.45, 7) is 0.